The summed E-state index contributed by atoms with van der Waals surface area (Å²) in [5.41, 5.74) is 9.15. The molecule has 8 aromatic carbocycles. The number of aromatic nitrogens is 3. The number of benzene rings is 8. The van der Waals surface area contributed by atoms with Gasteiger partial charge in [0.2, 0.25) is 0 Å². The molecule has 0 aliphatic heterocycles. The molecule has 218 valence electrons. The molecule has 0 bridgehead atoms. The Balaban J connectivity index is 1.29. The van der Waals surface area contributed by atoms with Gasteiger partial charge in [-0.15, -0.1) is 0 Å². The molecular weight excluding hydrogens is 571 g/mol. The van der Waals surface area contributed by atoms with Gasteiger partial charge in [-0.1, -0.05) is 121 Å². The Morgan fingerprint density at radius 3 is 1.43 bits per heavy atom. The predicted molar refractivity (Wildman–Crippen MR) is 197 cm³/mol. The summed E-state index contributed by atoms with van der Waals surface area (Å²) in [7, 11) is 0. The highest BCUT2D eigenvalue weighted by Crippen LogP contribution is 2.39. The summed E-state index contributed by atoms with van der Waals surface area (Å²) in [6.07, 6.45) is 0. The first kappa shape index (κ1) is 26.0. The minimum absolute atomic E-state index is 0.882. The van der Waals surface area contributed by atoms with Gasteiger partial charge >= 0.3 is 0 Å². The van der Waals surface area contributed by atoms with Gasteiger partial charge in [0.05, 0.1) is 33.5 Å². The van der Waals surface area contributed by atoms with Crippen LogP contribution in [0.15, 0.2) is 164 Å². The van der Waals surface area contributed by atoms with E-state index in [1.54, 1.807) is 0 Å². The van der Waals surface area contributed by atoms with Crippen molar-refractivity contribution in [3.8, 4) is 28.2 Å². The van der Waals surface area contributed by atoms with Gasteiger partial charge in [-0.05, 0) is 69.4 Å². The van der Waals surface area contributed by atoms with Crippen LogP contribution in [0, 0.1) is 0 Å². The maximum absolute atomic E-state index is 5.41. The number of hydrogen-bond acceptors (Lipinski definition) is 2. The Morgan fingerprint density at radius 2 is 0.851 bits per heavy atom. The van der Waals surface area contributed by atoms with Crippen LogP contribution in [0.4, 0.5) is 0 Å². The van der Waals surface area contributed by atoms with E-state index < -0.39 is 0 Å². The average Bonchev–Trinajstić information content (AvgIpc) is 3.44. The van der Waals surface area contributed by atoms with Crippen molar-refractivity contribution < 1.29 is 0 Å². The quantitative estimate of drug-likeness (QED) is 0.190. The van der Waals surface area contributed by atoms with Gasteiger partial charge in [0, 0.05) is 33.0 Å². The van der Waals surface area contributed by atoms with Crippen LogP contribution in [-0.2, 0) is 0 Å². The molecular formula is C44H27N3. The first-order chi connectivity index (χ1) is 23.3. The van der Waals surface area contributed by atoms with E-state index in [1.165, 1.54) is 43.4 Å². The van der Waals surface area contributed by atoms with E-state index >= 15 is 0 Å². The molecule has 0 atom stereocenters. The van der Waals surface area contributed by atoms with Crippen LogP contribution in [0.3, 0.4) is 0 Å². The second kappa shape index (κ2) is 10.1. The molecule has 0 N–H and O–H groups in total. The van der Waals surface area contributed by atoms with Gasteiger partial charge in [-0.2, -0.15) is 0 Å². The second-order valence-electron chi connectivity index (χ2n) is 12.3. The fourth-order valence-electron chi connectivity index (χ4n) is 7.23. The molecule has 0 radical (unpaired) electrons. The minimum Gasteiger partial charge on any atom is -0.309 e. The van der Waals surface area contributed by atoms with Crippen LogP contribution in [0.2, 0.25) is 0 Å². The molecule has 47 heavy (non-hydrogen) atoms. The third-order valence-electron chi connectivity index (χ3n) is 9.49. The lowest BCUT2D eigenvalue weighted by Crippen LogP contribution is -1.97. The molecule has 0 spiro atoms. The average molecular weight is 598 g/mol. The van der Waals surface area contributed by atoms with E-state index in [0.717, 1.165) is 50.0 Å². The standard InChI is InChI=1S/C44H27N3/c1-3-11-29(12-4-1)42-43(30-13-5-2-6-14-30)46-44-36-27-35(21-19-28(36)20-22-39(44)45-42)47-40-25-33-17-9-7-15-31(33)23-37(40)38-24-32-16-8-10-18-34(32)26-41(38)47/h1-27H. The Hall–Kier alpha value is -6.32. The Labute approximate surface area is 271 Å². The van der Waals surface area contributed by atoms with Crippen LogP contribution in [0.5, 0.6) is 0 Å². The molecule has 10 rings (SSSR count). The summed E-state index contributed by atoms with van der Waals surface area (Å²) in [5, 5.41) is 9.67. The van der Waals surface area contributed by atoms with Crippen molar-refractivity contribution >= 4 is 65.2 Å². The third-order valence-corrected chi connectivity index (χ3v) is 9.49. The zero-order valence-corrected chi connectivity index (χ0v) is 25.4. The highest BCUT2D eigenvalue weighted by Gasteiger charge is 2.18. The normalized spacial score (nSPS) is 11.8. The van der Waals surface area contributed by atoms with Crippen LogP contribution in [-0.4, -0.2) is 14.5 Å². The van der Waals surface area contributed by atoms with Crippen LogP contribution < -0.4 is 0 Å². The highest BCUT2D eigenvalue weighted by atomic mass is 15.0. The van der Waals surface area contributed by atoms with Crippen molar-refractivity contribution in [3.63, 3.8) is 0 Å². The predicted octanol–water partition coefficient (Wildman–Crippen LogP) is 11.5. The largest absolute Gasteiger partial charge is 0.309 e. The van der Waals surface area contributed by atoms with E-state index in [1.807, 2.05) is 12.1 Å². The van der Waals surface area contributed by atoms with Crippen molar-refractivity contribution in [2.75, 3.05) is 0 Å². The Bertz CT molecular complexity index is 2740. The molecule has 2 aromatic heterocycles. The zero-order valence-electron chi connectivity index (χ0n) is 25.4. The van der Waals surface area contributed by atoms with Crippen molar-refractivity contribution in [3.05, 3.63) is 164 Å². The van der Waals surface area contributed by atoms with Gasteiger partial charge < -0.3 is 4.57 Å². The summed E-state index contributed by atoms with van der Waals surface area (Å²) in [4.78, 5) is 10.7. The van der Waals surface area contributed by atoms with E-state index in [9.17, 15) is 0 Å². The van der Waals surface area contributed by atoms with Gasteiger partial charge in [0.1, 0.15) is 0 Å². The molecule has 0 aliphatic carbocycles. The summed E-state index contributed by atoms with van der Waals surface area (Å²) in [6, 6.07) is 58.4. The van der Waals surface area contributed by atoms with Crippen LogP contribution >= 0.6 is 0 Å². The molecule has 0 aliphatic rings. The second-order valence-corrected chi connectivity index (χ2v) is 12.3. The maximum atomic E-state index is 5.41. The fraction of sp³-hybridized carbons (Fsp3) is 0. The first-order valence-corrected chi connectivity index (χ1v) is 16.0. The van der Waals surface area contributed by atoms with Gasteiger partial charge in [-0.25, -0.2) is 9.97 Å². The van der Waals surface area contributed by atoms with Gasteiger partial charge in [0.15, 0.2) is 0 Å². The highest BCUT2D eigenvalue weighted by molar-refractivity contribution is 6.17. The molecule has 0 saturated carbocycles. The van der Waals surface area contributed by atoms with Crippen molar-refractivity contribution in [1.29, 1.82) is 0 Å². The van der Waals surface area contributed by atoms with Gasteiger partial charge in [0.25, 0.3) is 0 Å². The summed E-state index contributed by atoms with van der Waals surface area (Å²) >= 11 is 0. The number of hydrogen-bond donors (Lipinski definition) is 0. The van der Waals surface area contributed by atoms with Crippen LogP contribution in [0.1, 0.15) is 0 Å². The van der Waals surface area contributed by atoms with Gasteiger partial charge in [-0.3, -0.25) is 0 Å². The minimum atomic E-state index is 0.882. The molecule has 2 heterocycles. The maximum Gasteiger partial charge on any atom is 0.0973 e. The fourth-order valence-corrected chi connectivity index (χ4v) is 7.23. The monoisotopic (exact) mass is 597 g/mol. The third kappa shape index (κ3) is 4.07. The molecule has 10 aromatic rings. The lowest BCUT2D eigenvalue weighted by atomic mass is 10.0. The van der Waals surface area contributed by atoms with Crippen LogP contribution in [0.25, 0.3) is 93.4 Å². The van der Waals surface area contributed by atoms with Crippen molar-refractivity contribution in [2.45, 2.75) is 0 Å². The van der Waals surface area contributed by atoms with E-state index in [0.29, 0.717) is 0 Å². The van der Waals surface area contributed by atoms with Crippen molar-refractivity contribution in [2.24, 2.45) is 0 Å². The number of nitrogens with zero attached hydrogens (tertiary/aromatic N) is 3. The summed E-state index contributed by atoms with van der Waals surface area (Å²) in [6.45, 7) is 0. The number of rotatable bonds is 3. The molecule has 0 fully saturated rings. The Morgan fingerprint density at radius 1 is 0.362 bits per heavy atom. The summed E-state index contributed by atoms with van der Waals surface area (Å²) in [5.74, 6) is 0. The SMILES string of the molecule is c1ccc(-c2nc3ccc4ccc(-n5c6cc7ccccc7cc6c6cc7ccccc7cc65)cc4c3nc2-c2ccccc2)cc1. The molecule has 3 nitrogen and oxygen atoms in total. The zero-order chi connectivity index (χ0) is 30.9. The first-order valence-electron chi connectivity index (χ1n) is 16.0. The topological polar surface area (TPSA) is 30.7 Å². The molecule has 0 saturated heterocycles. The smallest absolute Gasteiger partial charge is 0.0973 e. The van der Waals surface area contributed by atoms with E-state index in [-0.39, 0.29) is 0 Å². The molecule has 0 unspecified atom stereocenters. The van der Waals surface area contributed by atoms with E-state index in [2.05, 4.69) is 156 Å². The molecule has 3 heteroatoms. The van der Waals surface area contributed by atoms with Crippen molar-refractivity contribution in [1.82, 2.24) is 14.5 Å². The molecule has 0 amide bonds. The lowest BCUT2D eigenvalue weighted by Gasteiger charge is -2.14. The Kier molecular flexibility index (Phi) is 5.57. The number of fused-ring (bicyclic) bond motifs is 8. The lowest BCUT2D eigenvalue weighted by molar-refractivity contribution is 1.19. The summed E-state index contributed by atoms with van der Waals surface area (Å²) < 4.78 is 2.42. The van der Waals surface area contributed by atoms with E-state index in [4.69, 9.17) is 9.97 Å².